The molecule has 0 aromatic carbocycles. The summed E-state index contributed by atoms with van der Waals surface area (Å²) >= 11 is 0. The van der Waals surface area contributed by atoms with E-state index in [2.05, 4.69) is 28.8 Å². The van der Waals surface area contributed by atoms with Crippen LogP contribution in [0.2, 0.25) is 0 Å². The third-order valence-corrected chi connectivity index (χ3v) is 1.48. The van der Waals surface area contributed by atoms with Crippen LogP contribution >= 0.6 is 0 Å². The Morgan fingerprint density at radius 1 is 1.33 bits per heavy atom. The second-order valence-electron chi connectivity index (χ2n) is 2.55. The van der Waals surface area contributed by atoms with Crippen LogP contribution in [0.1, 0.15) is 39.0 Å². The van der Waals surface area contributed by atoms with Crippen molar-refractivity contribution in [2.45, 2.75) is 39.0 Å². The highest BCUT2D eigenvalue weighted by Gasteiger charge is 1.82. The van der Waals surface area contributed by atoms with Gasteiger partial charge in [0, 0.05) is 6.42 Å². The van der Waals surface area contributed by atoms with Crippen molar-refractivity contribution in [1.29, 1.82) is 0 Å². The number of oxime groups is 1. The van der Waals surface area contributed by atoms with Crippen molar-refractivity contribution < 1.29 is 4.84 Å². The van der Waals surface area contributed by atoms with Crippen LogP contribution in [0.25, 0.3) is 0 Å². The van der Waals surface area contributed by atoms with Crippen LogP contribution < -0.4 is 0 Å². The van der Waals surface area contributed by atoms with Crippen LogP contribution in [-0.2, 0) is 4.84 Å². The molecule has 0 saturated carbocycles. The number of hydrogen-bond donors (Lipinski definition) is 0. The summed E-state index contributed by atoms with van der Waals surface area (Å²) in [7, 11) is 1.51. The molecule has 0 amide bonds. The molecule has 0 aromatic rings. The highest BCUT2D eigenvalue weighted by molar-refractivity contribution is 5.77. The first-order valence-electron chi connectivity index (χ1n) is 4.45. The highest BCUT2D eigenvalue weighted by atomic mass is 16.6. The third-order valence-electron chi connectivity index (χ3n) is 1.48. The average molecular weight is 167 g/mol. The summed E-state index contributed by atoms with van der Waals surface area (Å²) in [4.78, 5) is 4.45. The molecule has 0 unspecified atom stereocenters. The Balaban J connectivity index is 3.15. The zero-order valence-electron chi connectivity index (χ0n) is 7.97. The van der Waals surface area contributed by atoms with Gasteiger partial charge >= 0.3 is 0 Å². The Morgan fingerprint density at radius 2 is 2.17 bits per heavy atom. The molecule has 0 bridgehead atoms. The van der Waals surface area contributed by atoms with Crippen molar-refractivity contribution in [3.05, 3.63) is 0 Å². The van der Waals surface area contributed by atoms with E-state index in [4.69, 9.17) is 0 Å². The number of unbranched alkanes of at least 4 members (excludes halogenated alkanes) is 4. The number of rotatable bonds is 5. The fraction of sp³-hybridized carbons (Fsp3) is 0.700. The van der Waals surface area contributed by atoms with Crippen molar-refractivity contribution in [3.63, 3.8) is 0 Å². The molecular weight excluding hydrogens is 150 g/mol. The van der Waals surface area contributed by atoms with Gasteiger partial charge in [-0.05, 0) is 6.42 Å². The zero-order chi connectivity index (χ0) is 9.07. The molecule has 68 valence electrons. The molecular formula is C10H17NO. The molecule has 0 N–H and O–H groups in total. The average Bonchev–Trinajstić information content (AvgIpc) is 2.10. The molecule has 2 nitrogen and oxygen atoms in total. The molecule has 0 heterocycles. The van der Waals surface area contributed by atoms with Gasteiger partial charge < -0.3 is 4.84 Å². The van der Waals surface area contributed by atoms with Crippen LogP contribution in [0, 0.1) is 11.8 Å². The fourth-order valence-corrected chi connectivity index (χ4v) is 0.837. The maximum absolute atomic E-state index is 4.45. The molecule has 0 atom stereocenters. The molecule has 0 aliphatic heterocycles. The van der Waals surface area contributed by atoms with E-state index in [-0.39, 0.29) is 0 Å². The Hall–Kier alpha value is -0.970. The van der Waals surface area contributed by atoms with E-state index in [0.717, 1.165) is 6.42 Å². The van der Waals surface area contributed by atoms with Gasteiger partial charge in [0.25, 0.3) is 0 Å². The topological polar surface area (TPSA) is 21.6 Å². The summed E-state index contributed by atoms with van der Waals surface area (Å²) in [5.74, 6) is 5.80. The maximum atomic E-state index is 4.45. The first-order valence-corrected chi connectivity index (χ1v) is 4.45. The molecule has 0 fully saturated rings. The van der Waals surface area contributed by atoms with Crippen LogP contribution in [0.15, 0.2) is 5.16 Å². The van der Waals surface area contributed by atoms with E-state index in [9.17, 15) is 0 Å². The molecule has 12 heavy (non-hydrogen) atoms. The molecule has 0 saturated heterocycles. The van der Waals surface area contributed by atoms with Gasteiger partial charge in [0.15, 0.2) is 0 Å². The first kappa shape index (κ1) is 11.0. The van der Waals surface area contributed by atoms with Gasteiger partial charge in [0.05, 0.1) is 0 Å². The van der Waals surface area contributed by atoms with Crippen molar-refractivity contribution >= 4 is 6.21 Å². The van der Waals surface area contributed by atoms with E-state index in [1.807, 2.05) is 0 Å². The van der Waals surface area contributed by atoms with Crippen LogP contribution in [-0.4, -0.2) is 13.3 Å². The second-order valence-corrected chi connectivity index (χ2v) is 2.55. The summed E-state index contributed by atoms with van der Waals surface area (Å²) < 4.78 is 0. The normalized spacial score (nSPS) is 9.50. The lowest BCUT2D eigenvalue weighted by atomic mass is 10.2. The number of hydrogen-bond acceptors (Lipinski definition) is 2. The predicted octanol–water partition coefficient (Wildman–Crippen LogP) is 2.59. The summed E-state index contributed by atoms with van der Waals surface area (Å²) in [6.07, 6.45) is 7.52. The monoisotopic (exact) mass is 167 g/mol. The lowest BCUT2D eigenvalue weighted by molar-refractivity contribution is 0.216. The lowest BCUT2D eigenvalue weighted by Gasteiger charge is -1.91. The molecule has 0 radical (unpaired) electrons. The van der Waals surface area contributed by atoms with E-state index in [1.165, 1.54) is 39.0 Å². The SMILES string of the molecule is CCCCCCC#CC=NOC. The van der Waals surface area contributed by atoms with Crippen molar-refractivity contribution in [2.24, 2.45) is 5.16 Å². The standard InChI is InChI=1S/C10H17NO/c1-3-4-5-6-7-8-9-10-11-12-2/h10H,3-7H2,1-2H3. The van der Waals surface area contributed by atoms with Gasteiger partial charge in [-0.1, -0.05) is 43.2 Å². The van der Waals surface area contributed by atoms with E-state index in [0.29, 0.717) is 0 Å². The summed E-state index contributed by atoms with van der Waals surface area (Å²) in [5, 5.41) is 3.51. The summed E-state index contributed by atoms with van der Waals surface area (Å²) in [6, 6.07) is 0. The zero-order valence-corrected chi connectivity index (χ0v) is 7.97. The van der Waals surface area contributed by atoms with Crippen LogP contribution in [0.4, 0.5) is 0 Å². The van der Waals surface area contributed by atoms with Crippen molar-refractivity contribution in [3.8, 4) is 11.8 Å². The molecule has 0 rings (SSSR count). The predicted molar refractivity (Wildman–Crippen MR) is 52.0 cm³/mol. The van der Waals surface area contributed by atoms with E-state index in [1.54, 1.807) is 0 Å². The Labute approximate surface area is 75.0 Å². The number of nitrogens with zero attached hydrogens (tertiary/aromatic N) is 1. The minimum absolute atomic E-state index is 0.968. The van der Waals surface area contributed by atoms with Gasteiger partial charge in [-0.3, -0.25) is 0 Å². The van der Waals surface area contributed by atoms with E-state index >= 15 is 0 Å². The smallest absolute Gasteiger partial charge is 0.116 e. The van der Waals surface area contributed by atoms with Gasteiger partial charge in [-0.15, -0.1) is 0 Å². The maximum Gasteiger partial charge on any atom is 0.116 e. The Kier molecular flexibility index (Phi) is 9.22. The van der Waals surface area contributed by atoms with Gasteiger partial charge in [0.2, 0.25) is 0 Å². The molecule has 2 heteroatoms. The second kappa shape index (κ2) is 10.0. The Bertz CT molecular complexity index is 164. The third kappa shape index (κ3) is 9.03. The first-order chi connectivity index (χ1) is 5.91. The molecule has 0 aliphatic carbocycles. The summed E-state index contributed by atoms with van der Waals surface area (Å²) in [5.41, 5.74) is 0. The van der Waals surface area contributed by atoms with Crippen molar-refractivity contribution in [2.75, 3.05) is 7.11 Å². The molecule has 0 spiro atoms. The fourth-order valence-electron chi connectivity index (χ4n) is 0.837. The van der Waals surface area contributed by atoms with Gasteiger partial charge in [-0.25, -0.2) is 0 Å². The van der Waals surface area contributed by atoms with E-state index < -0.39 is 0 Å². The van der Waals surface area contributed by atoms with Crippen molar-refractivity contribution in [1.82, 2.24) is 0 Å². The minimum atomic E-state index is 0.968. The quantitative estimate of drug-likeness (QED) is 0.267. The Morgan fingerprint density at radius 3 is 2.83 bits per heavy atom. The molecule has 0 aliphatic rings. The van der Waals surface area contributed by atoms with Gasteiger partial charge in [0.1, 0.15) is 13.3 Å². The molecule has 0 aromatic heterocycles. The summed E-state index contributed by atoms with van der Waals surface area (Å²) in [6.45, 7) is 2.21. The highest BCUT2D eigenvalue weighted by Crippen LogP contribution is 2.00. The van der Waals surface area contributed by atoms with Crippen LogP contribution in [0.3, 0.4) is 0 Å². The largest absolute Gasteiger partial charge is 0.399 e. The van der Waals surface area contributed by atoms with Crippen LogP contribution in [0.5, 0.6) is 0 Å². The minimum Gasteiger partial charge on any atom is -0.399 e. The lowest BCUT2D eigenvalue weighted by Crippen LogP contribution is -1.74. The van der Waals surface area contributed by atoms with Gasteiger partial charge in [-0.2, -0.15) is 0 Å².